The number of hydrogen-bond acceptors (Lipinski definition) is 3. The van der Waals surface area contributed by atoms with E-state index >= 15 is 0 Å². The summed E-state index contributed by atoms with van der Waals surface area (Å²) in [5.74, 6) is 0.504. The maximum atomic E-state index is 10.1. The molecule has 0 spiro atoms. The molecular formula is C14H13Cl2NOS. The topological polar surface area (TPSA) is 46.2 Å². The van der Waals surface area contributed by atoms with Crippen molar-refractivity contribution < 1.29 is 5.11 Å². The van der Waals surface area contributed by atoms with Crippen LogP contribution >= 0.6 is 35.0 Å². The van der Waals surface area contributed by atoms with Crippen molar-refractivity contribution in [2.45, 2.75) is 11.0 Å². The normalized spacial score (nSPS) is 12.4. The van der Waals surface area contributed by atoms with Crippen LogP contribution in [0.5, 0.6) is 0 Å². The molecule has 0 heterocycles. The van der Waals surface area contributed by atoms with E-state index in [1.165, 1.54) is 11.8 Å². The molecule has 100 valence electrons. The van der Waals surface area contributed by atoms with Gasteiger partial charge in [-0.25, -0.2) is 0 Å². The highest BCUT2D eigenvalue weighted by atomic mass is 35.5. The molecule has 2 nitrogen and oxygen atoms in total. The number of aliphatic hydroxyl groups is 1. The van der Waals surface area contributed by atoms with Gasteiger partial charge in [-0.1, -0.05) is 35.3 Å². The second-order valence-electron chi connectivity index (χ2n) is 4.07. The van der Waals surface area contributed by atoms with Gasteiger partial charge in [-0.3, -0.25) is 0 Å². The number of nitrogen functional groups attached to an aromatic ring is 1. The molecule has 0 bridgehead atoms. The molecule has 2 aromatic carbocycles. The average molecular weight is 314 g/mol. The zero-order chi connectivity index (χ0) is 13.8. The number of rotatable bonds is 4. The summed E-state index contributed by atoms with van der Waals surface area (Å²) in [7, 11) is 0. The second-order valence-corrected chi connectivity index (χ2v) is 5.97. The molecule has 0 saturated heterocycles. The summed E-state index contributed by atoms with van der Waals surface area (Å²) < 4.78 is 0. The average Bonchev–Trinajstić information content (AvgIpc) is 2.40. The highest BCUT2D eigenvalue weighted by molar-refractivity contribution is 7.99. The fourth-order valence-corrected chi connectivity index (χ4v) is 3.04. The number of hydrogen-bond donors (Lipinski definition) is 2. The minimum atomic E-state index is -0.569. The number of thioether (sulfide) groups is 1. The Labute approximate surface area is 126 Å². The summed E-state index contributed by atoms with van der Waals surface area (Å²) in [4.78, 5) is 0.865. The van der Waals surface area contributed by atoms with E-state index in [2.05, 4.69) is 0 Å². The van der Waals surface area contributed by atoms with Crippen molar-refractivity contribution >= 4 is 40.7 Å². The lowest BCUT2D eigenvalue weighted by molar-refractivity contribution is 0.204. The first-order valence-electron chi connectivity index (χ1n) is 5.67. The summed E-state index contributed by atoms with van der Waals surface area (Å²) in [6.45, 7) is 0. The van der Waals surface area contributed by atoms with Crippen molar-refractivity contribution in [3.05, 3.63) is 58.1 Å². The SMILES string of the molecule is Nc1ccc(C(O)CSc2cc(Cl)ccc2Cl)cc1. The van der Waals surface area contributed by atoms with Crippen LogP contribution in [0.4, 0.5) is 5.69 Å². The Balaban J connectivity index is 2.02. The highest BCUT2D eigenvalue weighted by Gasteiger charge is 2.10. The first-order valence-corrected chi connectivity index (χ1v) is 7.42. The van der Waals surface area contributed by atoms with Gasteiger partial charge in [0.25, 0.3) is 0 Å². The van der Waals surface area contributed by atoms with Crippen LogP contribution in [-0.4, -0.2) is 10.9 Å². The van der Waals surface area contributed by atoms with Gasteiger partial charge in [0, 0.05) is 21.4 Å². The number of aliphatic hydroxyl groups excluding tert-OH is 1. The van der Waals surface area contributed by atoms with Gasteiger partial charge in [0.1, 0.15) is 0 Å². The lowest BCUT2D eigenvalue weighted by Crippen LogP contribution is -2.00. The predicted molar refractivity (Wildman–Crippen MR) is 83.0 cm³/mol. The molecule has 0 amide bonds. The Hall–Kier alpha value is -0.870. The third-order valence-corrected chi connectivity index (χ3v) is 4.42. The monoisotopic (exact) mass is 313 g/mol. The van der Waals surface area contributed by atoms with Gasteiger partial charge in [-0.15, -0.1) is 11.8 Å². The molecule has 0 radical (unpaired) electrons. The number of anilines is 1. The molecule has 19 heavy (non-hydrogen) atoms. The van der Waals surface area contributed by atoms with Crippen LogP contribution < -0.4 is 5.73 Å². The second kappa shape index (κ2) is 6.53. The zero-order valence-corrected chi connectivity index (χ0v) is 12.3. The molecule has 0 saturated carbocycles. The summed E-state index contributed by atoms with van der Waals surface area (Å²) >= 11 is 13.5. The predicted octanol–water partition coefficient (Wildman–Crippen LogP) is 4.40. The summed E-state index contributed by atoms with van der Waals surface area (Å²) in [5.41, 5.74) is 7.12. The maximum absolute atomic E-state index is 10.1. The minimum Gasteiger partial charge on any atom is -0.399 e. The Morgan fingerprint density at radius 2 is 1.79 bits per heavy atom. The van der Waals surface area contributed by atoms with Crippen LogP contribution in [0.2, 0.25) is 10.0 Å². The Bertz CT molecular complexity index is 560. The molecule has 2 rings (SSSR count). The van der Waals surface area contributed by atoms with Crippen LogP contribution in [0.1, 0.15) is 11.7 Å². The Kier molecular flexibility index (Phi) is 4.99. The van der Waals surface area contributed by atoms with E-state index in [0.717, 1.165) is 10.5 Å². The van der Waals surface area contributed by atoms with Crippen molar-refractivity contribution in [3.8, 4) is 0 Å². The van der Waals surface area contributed by atoms with E-state index in [4.69, 9.17) is 28.9 Å². The maximum Gasteiger partial charge on any atom is 0.0883 e. The van der Waals surface area contributed by atoms with Crippen molar-refractivity contribution in [1.29, 1.82) is 0 Å². The quantitative estimate of drug-likeness (QED) is 0.649. The van der Waals surface area contributed by atoms with Crippen molar-refractivity contribution in [1.82, 2.24) is 0 Å². The highest BCUT2D eigenvalue weighted by Crippen LogP contribution is 2.32. The van der Waals surface area contributed by atoms with Gasteiger partial charge in [-0.05, 0) is 35.9 Å². The molecule has 0 aromatic heterocycles. The van der Waals surface area contributed by atoms with Crippen molar-refractivity contribution in [2.75, 3.05) is 11.5 Å². The van der Waals surface area contributed by atoms with Crippen molar-refractivity contribution in [2.24, 2.45) is 0 Å². The molecule has 0 aliphatic carbocycles. The van der Waals surface area contributed by atoms with E-state index in [-0.39, 0.29) is 0 Å². The molecule has 0 aliphatic heterocycles. The van der Waals surface area contributed by atoms with E-state index in [9.17, 15) is 5.11 Å². The molecule has 2 aromatic rings. The Morgan fingerprint density at radius 1 is 1.11 bits per heavy atom. The van der Waals surface area contributed by atoms with Crippen LogP contribution in [-0.2, 0) is 0 Å². The van der Waals surface area contributed by atoms with Gasteiger partial charge < -0.3 is 10.8 Å². The first kappa shape index (κ1) is 14.5. The zero-order valence-electron chi connectivity index (χ0n) is 10.0. The fourth-order valence-electron chi connectivity index (χ4n) is 1.57. The lowest BCUT2D eigenvalue weighted by atomic mass is 10.1. The Morgan fingerprint density at radius 3 is 2.47 bits per heavy atom. The summed E-state index contributed by atoms with van der Waals surface area (Å²) in [6.07, 6.45) is -0.569. The van der Waals surface area contributed by atoms with E-state index in [1.807, 2.05) is 12.1 Å². The number of halogens is 2. The molecular weight excluding hydrogens is 301 g/mol. The summed E-state index contributed by atoms with van der Waals surface area (Å²) in [5, 5.41) is 11.4. The number of benzene rings is 2. The third kappa shape index (κ3) is 4.05. The standard InChI is InChI=1S/C14H13Cl2NOS/c15-10-3-6-12(16)14(7-10)19-8-13(18)9-1-4-11(17)5-2-9/h1-7,13,18H,8,17H2. The van der Waals surface area contributed by atoms with Crippen LogP contribution in [0.15, 0.2) is 47.4 Å². The molecule has 3 N–H and O–H groups in total. The number of nitrogens with two attached hydrogens (primary N) is 1. The van der Waals surface area contributed by atoms with E-state index in [0.29, 0.717) is 21.5 Å². The molecule has 1 atom stereocenters. The molecule has 5 heteroatoms. The van der Waals surface area contributed by atoms with Crippen molar-refractivity contribution in [3.63, 3.8) is 0 Å². The third-order valence-electron chi connectivity index (χ3n) is 2.61. The minimum absolute atomic E-state index is 0.504. The van der Waals surface area contributed by atoms with E-state index < -0.39 is 6.10 Å². The molecule has 1 unspecified atom stereocenters. The van der Waals surface area contributed by atoms with Gasteiger partial charge in [0.15, 0.2) is 0 Å². The van der Waals surface area contributed by atoms with E-state index in [1.54, 1.807) is 30.3 Å². The lowest BCUT2D eigenvalue weighted by Gasteiger charge is -2.11. The summed E-state index contributed by atoms with van der Waals surface area (Å²) in [6, 6.07) is 12.5. The molecule has 0 aliphatic rings. The molecule has 0 fully saturated rings. The van der Waals surface area contributed by atoms with Crippen LogP contribution in [0.3, 0.4) is 0 Å². The van der Waals surface area contributed by atoms with Gasteiger partial charge in [0.05, 0.1) is 11.1 Å². The van der Waals surface area contributed by atoms with Crippen LogP contribution in [0.25, 0.3) is 0 Å². The largest absolute Gasteiger partial charge is 0.399 e. The van der Waals surface area contributed by atoms with Crippen LogP contribution in [0, 0.1) is 0 Å². The smallest absolute Gasteiger partial charge is 0.0883 e. The van der Waals surface area contributed by atoms with Gasteiger partial charge >= 0.3 is 0 Å². The van der Waals surface area contributed by atoms with Gasteiger partial charge in [-0.2, -0.15) is 0 Å². The fraction of sp³-hybridized carbons (Fsp3) is 0.143. The van der Waals surface area contributed by atoms with Gasteiger partial charge in [0.2, 0.25) is 0 Å². The first-order chi connectivity index (χ1) is 9.06.